The van der Waals surface area contributed by atoms with Crippen LogP contribution in [0.25, 0.3) is 0 Å². The molecule has 0 radical (unpaired) electrons. The van der Waals surface area contributed by atoms with Gasteiger partial charge in [0.25, 0.3) is 0 Å². The van der Waals surface area contributed by atoms with Crippen molar-refractivity contribution in [3.05, 3.63) is 59.8 Å². The Kier molecular flexibility index (Phi) is 16.5. The van der Waals surface area contributed by atoms with Crippen molar-refractivity contribution in [2.24, 2.45) is 11.8 Å². The third-order valence-corrected chi connectivity index (χ3v) is 9.03. The van der Waals surface area contributed by atoms with Gasteiger partial charge in [-0.05, 0) is 57.4 Å². The summed E-state index contributed by atoms with van der Waals surface area (Å²) in [5.41, 5.74) is 0.317. The zero-order valence-electron chi connectivity index (χ0n) is 28.9. The van der Waals surface area contributed by atoms with Crippen LogP contribution in [0, 0.1) is 11.8 Å². The minimum atomic E-state index is -1.09. The zero-order valence-corrected chi connectivity index (χ0v) is 28.9. The molecule has 0 saturated carbocycles. The highest BCUT2D eigenvalue weighted by Gasteiger charge is 2.54. The summed E-state index contributed by atoms with van der Waals surface area (Å²) in [5.74, 6) is -4.97. The largest absolute Gasteiger partial charge is 0.481 e. The number of ether oxygens (including phenoxy) is 3. The second kappa shape index (κ2) is 19.5. The lowest BCUT2D eigenvalue weighted by Crippen LogP contribution is -2.59. The monoisotopic (exact) mass is 674 g/mol. The molecule has 2 heterocycles. The molecule has 2 saturated heterocycles. The number of carboxylic acid groups (broad SMARTS) is 3. The third kappa shape index (κ3) is 13.5. The predicted molar refractivity (Wildman–Crippen MR) is 180 cm³/mol. The standard InChI is InChI=1S/C37H54O11/c1-6-7-8-20-36(48-35(45)18-17-33(41)42)22-23-37(47-31(36)15-11-26(3)24-34(43)44)21-19-28(5)30(46-37)14-10-25(2)9-13-29(38)27(4)12-16-32(39)40/h9-13,15-16,24,27-31,38H,6-8,14,17-23H2,1-5H3,(H,39,40)(H,41,42)(H,43,44)/b13-9+,15-11+,16-12+,25-10+,26-24+/t27-,28-,29-,30+,31-,36-,37+/m0/s1. The molecule has 0 aliphatic carbocycles. The molecule has 48 heavy (non-hydrogen) atoms. The van der Waals surface area contributed by atoms with E-state index in [0.717, 1.165) is 43.4 Å². The summed E-state index contributed by atoms with van der Waals surface area (Å²) in [6.45, 7) is 9.50. The lowest BCUT2D eigenvalue weighted by atomic mass is 9.78. The first-order valence-corrected chi connectivity index (χ1v) is 16.9. The van der Waals surface area contributed by atoms with Crippen LogP contribution >= 0.6 is 0 Å². The van der Waals surface area contributed by atoms with Gasteiger partial charge in [0.1, 0.15) is 11.7 Å². The van der Waals surface area contributed by atoms with E-state index in [0.29, 0.717) is 37.7 Å². The highest BCUT2D eigenvalue weighted by molar-refractivity contribution is 5.81. The van der Waals surface area contributed by atoms with Crippen LogP contribution in [0.1, 0.15) is 105 Å². The Morgan fingerprint density at radius 1 is 0.917 bits per heavy atom. The number of rotatable bonds is 18. The van der Waals surface area contributed by atoms with Crippen LogP contribution in [-0.4, -0.2) is 74.0 Å². The predicted octanol–water partition coefficient (Wildman–Crippen LogP) is 6.52. The number of hydrogen-bond acceptors (Lipinski definition) is 8. The quantitative estimate of drug-likeness (QED) is 0.0539. The molecule has 2 rings (SSSR count). The summed E-state index contributed by atoms with van der Waals surface area (Å²) in [7, 11) is 0. The van der Waals surface area contributed by atoms with Gasteiger partial charge in [0, 0.05) is 30.9 Å². The molecule has 11 heteroatoms. The first kappa shape index (κ1) is 40.6. The molecule has 0 amide bonds. The fraction of sp³-hybridized carbons (Fsp3) is 0.622. The molecule has 0 bridgehead atoms. The van der Waals surface area contributed by atoms with E-state index in [1.54, 1.807) is 38.2 Å². The number of allylic oxidation sites excluding steroid dienone is 4. The smallest absolute Gasteiger partial charge is 0.328 e. The number of aliphatic carboxylic acids is 3. The van der Waals surface area contributed by atoms with Crippen molar-refractivity contribution >= 4 is 23.9 Å². The Morgan fingerprint density at radius 3 is 2.29 bits per heavy atom. The number of hydrogen-bond donors (Lipinski definition) is 4. The van der Waals surface area contributed by atoms with E-state index in [2.05, 4.69) is 13.8 Å². The van der Waals surface area contributed by atoms with Gasteiger partial charge in [-0.1, -0.05) is 75.6 Å². The van der Waals surface area contributed by atoms with Crippen LogP contribution in [0.2, 0.25) is 0 Å². The van der Waals surface area contributed by atoms with Crippen molar-refractivity contribution in [2.75, 3.05) is 0 Å². The topological polar surface area (TPSA) is 177 Å². The van der Waals surface area contributed by atoms with Gasteiger partial charge in [-0.15, -0.1) is 0 Å². The van der Waals surface area contributed by atoms with Crippen LogP contribution in [0.5, 0.6) is 0 Å². The maximum absolute atomic E-state index is 12.9. The molecule has 11 nitrogen and oxygen atoms in total. The Bertz CT molecular complexity index is 1260. The van der Waals surface area contributed by atoms with E-state index >= 15 is 0 Å². The van der Waals surface area contributed by atoms with E-state index in [4.69, 9.17) is 24.4 Å². The molecule has 0 aromatic rings. The normalized spacial score (nSPS) is 28.2. The van der Waals surface area contributed by atoms with Crippen molar-refractivity contribution in [2.45, 2.75) is 135 Å². The molecule has 4 N–H and O–H groups in total. The van der Waals surface area contributed by atoms with Gasteiger partial charge in [0.05, 0.1) is 25.0 Å². The Labute approximate surface area is 284 Å². The van der Waals surface area contributed by atoms with Crippen LogP contribution in [-0.2, 0) is 33.4 Å². The summed E-state index contributed by atoms with van der Waals surface area (Å²) < 4.78 is 19.6. The molecule has 0 unspecified atom stereocenters. The first-order chi connectivity index (χ1) is 22.6. The second-order valence-corrected chi connectivity index (χ2v) is 13.2. The number of aliphatic hydroxyl groups is 1. The van der Waals surface area contributed by atoms with Crippen LogP contribution in [0.4, 0.5) is 0 Å². The van der Waals surface area contributed by atoms with Crippen molar-refractivity contribution in [3.8, 4) is 0 Å². The zero-order chi connectivity index (χ0) is 35.9. The number of carboxylic acids is 3. The van der Waals surface area contributed by atoms with Crippen molar-refractivity contribution in [1.29, 1.82) is 0 Å². The Balaban J connectivity index is 2.32. The summed E-state index contributed by atoms with van der Waals surface area (Å²) in [5, 5.41) is 37.6. The van der Waals surface area contributed by atoms with Gasteiger partial charge < -0.3 is 34.6 Å². The third-order valence-electron chi connectivity index (χ3n) is 9.03. The molecule has 7 atom stereocenters. The number of carbonyl (C=O) groups excluding carboxylic acids is 1. The first-order valence-electron chi connectivity index (χ1n) is 16.9. The molecule has 2 fully saturated rings. The average molecular weight is 675 g/mol. The van der Waals surface area contributed by atoms with Gasteiger partial charge in [-0.3, -0.25) is 9.59 Å². The Hall–Kier alpha value is -3.54. The summed E-state index contributed by atoms with van der Waals surface area (Å²) >= 11 is 0. The summed E-state index contributed by atoms with van der Waals surface area (Å²) in [6, 6.07) is 0. The van der Waals surface area contributed by atoms with Crippen molar-refractivity contribution < 1.29 is 53.8 Å². The summed E-state index contributed by atoms with van der Waals surface area (Å²) in [6.07, 6.45) is 16.0. The molecular weight excluding hydrogens is 620 g/mol. The number of carbonyl (C=O) groups is 4. The van der Waals surface area contributed by atoms with Gasteiger partial charge in [0.15, 0.2) is 5.79 Å². The molecule has 2 aliphatic heterocycles. The number of unbranched alkanes of at least 4 members (excludes halogenated alkanes) is 2. The fourth-order valence-corrected chi connectivity index (χ4v) is 6.01. The molecule has 2 aliphatic rings. The summed E-state index contributed by atoms with van der Waals surface area (Å²) in [4.78, 5) is 46.2. The molecule has 1 spiro atoms. The van der Waals surface area contributed by atoms with Crippen molar-refractivity contribution in [1.82, 2.24) is 0 Å². The Morgan fingerprint density at radius 2 is 1.65 bits per heavy atom. The van der Waals surface area contributed by atoms with E-state index in [1.165, 1.54) is 6.08 Å². The van der Waals surface area contributed by atoms with E-state index in [-0.39, 0.29) is 30.8 Å². The molecule has 268 valence electrons. The maximum atomic E-state index is 12.9. The maximum Gasteiger partial charge on any atom is 0.328 e. The second-order valence-electron chi connectivity index (χ2n) is 13.2. The highest BCUT2D eigenvalue weighted by atomic mass is 16.7. The lowest BCUT2D eigenvalue weighted by Gasteiger charge is -2.53. The van der Waals surface area contributed by atoms with Crippen LogP contribution in [0.15, 0.2) is 59.8 Å². The molecule has 0 aromatic heterocycles. The van der Waals surface area contributed by atoms with E-state index in [9.17, 15) is 29.4 Å². The fourth-order valence-electron chi connectivity index (χ4n) is 6.01. The number of aliphatic hydroxyl groups excluding tert-OH is 1. The van der Waals surface area contributed by atoms with Crippen LogP contribution in [0.3, 0.4) is 0 Å². The van der Waals surface area contributed by atoms with E-state index in [1.807, 2.05) is 13.0 Å². The van der Waals surface area contributed by atoms with Gasteiger partial charge in [-0.25, -0.2) is 9.59 Å². The van der Waals surface area contributed by atoms with Gasteiger partial charge in [-0.2, -0.15) is 0 Å². The number of esters is 1. The van der Waals surface area contributed by atoms with Gasteiger partial charge in [0.2, 0.25) is 0 Å². The van der Waals surface area contributed by atoms with Gasteiger partial charge >= 0.3 is 23.9 Å². The van der Waals surface area contributed by atoms with Crippen molar-refractivity contribution in [3.63, 3.8) is 0 Å². The molecular formula is C37H54O11. The minimum Gasteiger partial charge on any atom is -0.481 e. The molecule has 0 aromatic carbocycles. The average Bonchev–Trinajstić information content (AvgIpc) is 3.02. The van der Waals surface area contributed by atoms with E-state index < -0.39 is 47.5 Å². The SMILES string of the molecule is CCCCC[C@]1(OC(=O)CCC(=O)O)CC[C@@]2(CC[C@H](C)[C@@H](C/C=C(C)/C=C/[C@H](O)[C@@H](C)/C=C/C(=O)O)O2)O[C@H]1/C=C/C(C)=C/C(=O)O. The van der Waals surface area contributed by atoms with Crippen LogP contribution < -0.4 is 0 Å². The lowest BCUT2D eigenvalue weighted by molar-refractivity contribution is -0.344. The highest BCUT2D eigenvalue weighted by Crippen LogP contribution is 2.48. The minimum absolute atomic E-state index is 0.187.